The number of nitrogens with one attached hydrogen (secondary N) is 2. The highest BCUT2D eigenvalue weighted by Gasteiger charge is 2.10. The number of non-ortho nitro benzene ring substituents is 1. The molecule has 0 unspecified atom stereocenters. The lowest BCUT2D eigenvalue weighted by Gasteiger charge is -2.10. The molecule has 0 aromatic heterocycles. The smallest absolute Gasteiger partial charge is 0.413 e. The monoisotopic (exact) mass is 269 g/mol. The molecule has 0 atom stereocenters. The summed E-state index contributed by atoms with van der Waals surface area (Å²) in [7, 11) is 1.20. The van der Waals surface area contributed by atoms with Crippen molar-refractivity contribution in [3.63, 3.8) is 0 Å². The molecule has 0 fully saturated rings. The third-order valence-electron chi connectivity index (χ3n) is 2.08. The van der Waals surface area contributed by atoms with E-state index in [4.69, 9.17) is 12.2 Å². The van der Waals surface area contributed by atoms with Crippen LogP contribution in [0, 0.1) is 17.0 Å². The number of aryl methyl sites for hydroxylation is 1. The number of nitro benzene ring substituents is 1. The van der Waals surface area contributed by atoms with Gasteiger partial charge >= 0.3 is 6.09 Å². The Bertz CT molecular complexity index is 504. The van der Waals surface area contributed by atoms with Crippen molar-refractivity contribution in [2.24, 2.45) is 0 Å². The molecular formula is C10H11N3O4S. The number of methoxy groups -OCH3 is 1. The van der Waals surface area contributed by atoms with E-state index < -0.39 is 11.0 Å². The van der Waals surface area contributed by atoms with E-state index in [0.29, 0.717) is 5.69 Å². The van der Waals surface area contributed by atoms with Crippen molar-refractivity contribution >= 4 is 34.8 Å². The van der Waals surface area contributed by atoms with Crippen molar-refractivity contribution in [3.05, 3.63) is 33.9 Å². The number of carbonyl (C=O) groups excluding carboxylic acids is 1. The first-order valence-corrected chi connectivity index (χ1v) is 5.26. The Kier molecular flexibility index (Phi) is 4.55. The molecule has 1 aromatic rings. The van der Waals surface area contributed by atoms with Crippen molar-refractivity contribution in [3.8, 4) is 0 Å². The zero-order chi connectivity index (χ0) is 13.7. The molecule has 0 aliphatic heterocycles. The largest absolute Gasteiger partial charge is 0.453 e. The van der Waals surface area contributed by atoms with Crippen LogP contribution >= 0.6 is 12.2 Å². The van der Waals surface area contributed by atoms with Crippen LogP contribution < -0.4 is 10.6 Å². The Morgan fingerprint density at radius 2 is 2.17 bits per heavy atom. The number of anilines is 1. The lowest BCUT2D eigenvalue weighted by molar-refractivity contribution is -0.384. The highest BCUT2D eigenvalue weighted by molar-refractivity contribution is 7.80. The fraction of sp³-hybridized carbons (Fsp3) is 0.200. The quantitative estimate of drug-likeness (QED) is 0.484. The van der Waals surface area contributed by atoms with Crippen LogP contribution in [-0.4, -0.2) is 23.2 Å². The summed E-state index contributed by atoms with van der Waals surface area (Å²) in [5.74, 6) is 0. The second-order valence-electron chi connectivity index (χ2n) is 3.33. The van der Waals surface area contributed by atoms with Crippen LogP contribution in [0.25, 0.3) is 0 Å². The van der Waals surface area contributed by atoms with Crippen LogP contribution in [0.4, 0.5) is 16.2 Å². The average Bonchev–Trinajstić information content (AvgIpc) is 2.31. The molecule has 0 aliphatic rings. The summed E-state index contributed by atoms with van der Waals surface area (Å²) < 4.78 is 4.36. The first-order chi connectivity index (χ1) is 8.43. The number of hydrogen-bond acceptors (Lipinski definition) is 5. The normalized spacial score (nSPS) is 9.44. The summed E-state index contributed by atoms with van der Waals surface area (Å²) in [5, 5.41) is 15.6. The standard InChI is InChI=1S/C10H11N3O4S/c1-6-3-4-7(13(15)16)5-8(6)11-9(18)12-10(14)17-2/h3-5H,1-2H3,(H2,11,12,14,18). The number of thiocarbonyl (C=S) groups is 1. The molecule has 0 bridgehead atoms. The van der Waals surface area contributed by atoms with Crippen LogP contribution in [0.5, 0.6) is 0 Å². The van der Waals surface area contributed by atoms with Crippen molar-refractivity contribution in [2.45, 2.75) is 6.92 Å². The minimum atomic E-state index is -0.712. The SMILES string of the molecule is COC(=O)NC(=S)Nc1cc([N+](=O)[O-])ccc1C. The Morgan fingerprint density at radius 3 is 2.72 bits per heavy atom. The van der Waals surface area contributed by atoms with E-state index in [1.54, 1.807) is 13.0 Å². The molecule has 0 aliphatic carbocycles. The summed E-state index contributed by atoms with van der Waals surface area (Å²) in [6.45, 7) is 1.76. The van der Waals surface area contributed by atoms with Gasteiger partial charge in [0, 0.05) is 17.8 Å². The molecule has 8 heteroatoms. The maximum atomic E-state index is 10.9. The number of carbonyl (C=O) groups is 1. The number of nitro groups is 1. The maximum Gasteiger partial charge on any atom is 0.413 e. The zero-order valence-electron chi connectivity index (χ0n) is 9.72. The Morgan fingerprint density at radius 1 is 1.50 bits per heavy atom. The van der Waals surface area contributed by atoms with Gasteiger partial charge in [-0.25, -0.2) is 4.79 Å². The van der Waals surface area contributed by atoms with Crippen molar-refractivity contribution in [1.82, 2.24) is 5.32 Å². The number of alkyl carbamates (subject to hydrolysis) is 1. The maximum absolute atomic E-state index is 10.9. The number of benzene rings is 1. The highest BCUT2D eigenvalue weighted by atomic mass is 32.1. The van der Waals surface area contributed by atoms with Gasteiger partial charge < -0.3 is 10.1 Å². The molecule has 1 amide bonds. The van der Waals surface area contributed by atoms with Gasteiger partial charge in [0.1, 0.15) is 0 Å². The minimum absolute atomic E-state index is 0.00504. The van der Waals surface area contributed by atoms with Crippen LogP contribution in [0.3, 0.4) is 0 Å². The number of nitrogens with zero attached hydrogens (tertiary/aromatic N) is 1. The molecule has 0 saturated heterocycles. The molecule has 2 N–H and O–H groups in total. The molecular weight excluding hydrogens is 258 g/mol. The number of amides is 1. The van der Waals surface area contributed by atoms with Gasteiger partial charge in [0.25, 0.3) is 5.69 Å². The average molecular weight is 269 g/mol. The van der Waals surface area contributed by atoms with Gasteiger partial charge in [0.15, 0.2) is 5.11 Å². The summed E-state index contributed by atoms with van der Waals surface area (Å²) in [6, 6.07) is 4.30. The molecule has 1 aromatic carbocycles. The Balaban J connectivity index is 2.83. The van der Waals surface area contributed by atoms with E-state index in [0.717, 1.165) is 5.56 Å². The van der Waals surface area contributed by atoms with Crippen LogP contribution in [0.2, 0.25) is 0 Å². The molecule has 1 rings (SSSR count). The first kappa shape index (κ1) is 13.8. The zero-order valence-corrected chi connectivity index (χ0v) is 10.5. The van der Waals surface area contributed by atoms with E-state index in [9.17, 15) is 14.9 Å². The summed E-state index contributed by atoms with van der Waals surface area (Å²) in [5.41, 5.74) is 1.14. The molecule has 7 nitrogen and oxygen atoms in total. The van der Waals surface area contributed by atoms with Gasteiger partial charge in [-0.05, 0) is 24.7 Å². The van der Waals surface area contributed by atoms with Gasteiger partial charge in [-0.1, -0.05) is 6.07 Å². The van der Waals surface area contributed by atoms with Crippen LogP contribution in [0.15, 0.2) is 18.2 Å². The fourth-order valence-electron chi connectivity index (χ4n) is 1.16. The van der Waals surface area contributed by atoms with E-state index in [1.165, 1.54) is 19.2 Å². The molecule has 0 radical (unpaired) electrons. The third-order valence-corrected chi connectivity index (χ3v) is 2.29. The second kappa shape index (κ2) is 5.92. The van der Waals surface area contributed by atoms with Gasteiger partial charge in [-0.2, -0.15) is 0 Å². The topological polar surface area (TPSA) is 93.5 Å². The van der Waals surface area contributed by atoms with E-state index in [-0.39, 0.29) is 10.8 Å². The predicted molar refractivity (Wildman–Crippen MR) is 69.6 cm³/mol. The number of hydrogen-bond donors (Lipinski definition) is 2. The predicted octanol–water partition coefficient (Wildman–Crippen LogP) is 1.96. The van der Waals surface area contributed by atoms with Gasteiger partial charge in [-0.3, -0.25) is 15.4 Å². The van der Waals surface area contributed by atoms with Gasteiger partial charge in [0.2, 0.25) is 0 Å². The Labute approximate surface area is 108 Å². The summed E-state index contributed by atoms with van der Waals surface area (Å²) in [4.78, 5) is 21.0. The van der Waals surface area contributed by atoms with Gasteiger partial charge in [0.05, 0.1) is 12.0 Å². The van der Waals surface area contributed by atoms with Gasteiger partial charge in [-0.15, -0.1) is 0 Å². The molecule has 18 heavy (non-hydrogen) atoms. The highest BCUT2D eigenvalue weighted by Crippen LogP contribution is 2.21. The molecule has 0 spiro atoms. The minimum Gasteiger partial charge on any atom is -0.453 e. The fourth-order valence-corrected chi connectivity index (χ4v) is 1.35. The molecule has 0 saturated carbocycles. The number of ether oxygens (including phenoxy) is 1. The van der Waals surface area contributed by atoms with Crippen molar-refractivity contribution in [2.75, 3.05) is 12.4 Å². The van der Waals surface area contributed by atoms with Crippen LogP contribution in [-0.2, 0) is 4.74 Å². The van der Waals surface area contributed by atoms with E-state index in [2.05, 4.69) is 15.4 Å². The summed E-state index contributed by atoms with van der Waals surface area (Å²) >= 11 is 4.85. The lowest BCUT2D eigenvalue weighted by Crippen LogP contribution is -2.34. The van der Waals surface area contributed by atoms with Crippen molar-refractivity contribution in [1.29, 1.82) is 0 Å². The van der Waals surface area contributed by atoms with Crippen molar-refractivity contribution < 1.29 is 14.5 Å². The molecule has 96 valence electrons. The summed E-state index contributed by atoms with van der Waals surface area (Å²) in [6.07, 6.45) is -0.712. The lowest BCUT2D eigenvalue weighted by atomic mass is 10.2. The first-order valence-electron chi connectivity index (χ1n) is 4.85. The number of rotatable bonds is 2. The van der Waals surface area contributed by atoms with Crippen LogP contribution in [0.1, 0.15) is 5.56 Å². The van der Waals surface area contributed by atoms with E-state index in [1.807, 2.05) is 0 Å². The third kappa shape index (κ3) is 3.67. The van der Waals surface area contributed by atoms with E-state index >= 15 is 0 Å². The second-order valence-corrected chi connectivity index (χ2v) is 3.74. The Hall–Kier alpha value is -2.22. The molecule has 0 heterocycles.